The molecule has 5 nitrogen and oxygen atoms in total. The highest BCUT2D eigenvalue weighted by atomic mass is 19.1. The van der Waals surface area contributed by atoms with Gasteiger partial charge in [0.2, 0.25) is 0 Å². The van der Waals surface area contributed by atoms with E-state index in [2.05, 4.69) is 10.3 Å². The van der Waals surface area contributed by atoms with Gasteiger partial charge in [-0.25, -0.2) is 9.37 Å². The number of hydrogen-bond acceptors (Lipinski definition) is 4. The van der Waals surface area contributed by atoms with Crippen LogP contribution in [0.15, 0.2) is 12.3 Å². The monoisotopic (exact) mass is 255 g/mol. The fourth-order valence-corrected chi connectivity index (χ4v) is 1.64. The average Bonchev–Trinajstić information content (AvgIpc) is 2.26. The molecule has 2 N–H and O–H groups in total. The fourth-order valence-electron chi connectivity index (χ4n) is 1.64. The summed E-state index contributed by atoms with van der Waals surface area (Å²) in [6, 6.07) is 1.32. The number of amides is 1. The number of nitrogens with one attached hydrogen (secondary N) is 1. The Bertz CT molecular complexity index is 443. The van der Waals surface area contributed by atoms with Crippen LogP contribution in [-0.2, 0) is 0 Å². The van der Waals surface area contributed by atoms with Gasteiger partial charge in [-0.1, -0.05) is 0 Å². The van der Waals surface area contributed by atoms with E-state index in [1.807, 2.05) is 0 Å². The lowest BCUT2D eigenvalue weighted by molar-refractivity contribution is 0.0365. The zero-order chi connectivity index (χ0) is 13.9. The molecule has 1 heterocycles. The maximum Gasteiger partial charge on any atom is 0.256 e. The lowest BCUT2D eigenvalue weighted by atomic mass is 10.1. The van der Waals surface area contributed by atoms with E-state index in [0.717, 1.165) is 0 Å². The van der Waals surface area contributed by atoms with Gasteiger partial charge in [0.05, 0.1) is 11.2 Å². The summed E-state index contributed by atoms with van der Waals surface area (Å²) >= 11 is 0. The quantitative estimate of drug-likeness (QED) is 0.845. The van der Waals surface area contributed by atoms with Crippen molar-refractivity contribution in [2.24, 2.45) is 0 Å². The van der Waals surface area contributed by atoms with E-state index in [4.69, 9.17) is 0 Å². The SMILES string of the molecule is CNc1nccc(C(=O)N(C)CC(C)(C)O)c1F. The molecule has 6 heteroatoms. The summed E-state index contributed by atoms with van der Waals surface area (Å²) in [4.78, 5) is 17.1. The lowest BCUT2D eigenvalue weighted by Gasteiger charge is -2.25. The summed E-state index contributed by atoms with van der Waals surface area (Å²) in [7, 11) is 3.04. The minimum absolute atomic E-state index is 0.0255. The number of carbonyl (C=O) groups excluding carboxylic acids is 1. The number of nitrogens with zero attached hydrogens (tertiary/aromatic N) is 2. The van der Waals surface area contributed by atoms with Crippen molar-refractivity contribution in [3.63, 3.8) is 0 Å². The minimum Gasteiger partial charge on any atom is -0.389 e. The second-order valence-corrected chi connectivity index (χ2v) is 4.74. The van der Waals surface area contributed by atoms with E-state index in [-0.39, 0.29) is 17.9 Å². The Morgan fingerprint density at radius 2 is 2.22 bits per heavy atom. The second-order valence-electron chi connectivity index (χ2n) is 4.74. The van der Waals surface area contributed by atoms with Gasteiger partial charge in [-0.2, -0.15) is 0 Å². The van der Waals surface area contributed by atoms with Crippen LogP contribution in [0, 0.1) is 5.82 Å². The molecule has 0 aliphatic heterocycles. The Hall–Kier alpha value is -1.69. The molecule has 0 atom stereocenters. The predicted octanol–water partition coefficient (Wildman–Crippen LogP) is 1.11. The molecule has 0 aliphatic rings. The van der Waals surface area contributed by atoms with Crippen molar-refractivity contribution in [1.82, 2.24) is 9.88 Å². The number of pyridine rings is 1. The molecular formula is C12H18FN3O2. The molecule has 0 fully saturated rings. The molecular weight excluding hydrogens is 237 g/mol. The Labute approximate surface area is 106 Å². The zero-order valence-electron chi connectivity index (χ0n) is 11.0. The molecule has 0 aromatic carbocycles. The molecule has 100 valence electrons. The molecule has 0 bridgehead atoms. The molecule has 1 rings (SSSR count). The fraction of sp³-hybridized carbons (Fsp3) is 0.500. The smallest absolute Gasteiger partial charge is 0.256 e. The molecule has 0 unspecified atom stereocenters. The van der Waals surface area contributed by atoms with Crippen molar-refractivity contribution < 1.29 is 14.3 Å². The van der Waals surface area contributed by atoms with Crippen molar-refractivity contribution in [3.8, 4) is 0 Å². The van der Waals surface area contributed by atoms with E-state index in [0.29, 0.717) is 0 Å². The first-order valence-electron chi connectivity index (χ1n) is 5.56. The maximum absolute atomic E-state index is 13.9. The number of rotatable bonds is 4. The van der Waals surface area contributed by atoms with E-state index >= 15 is 0 Å². The van der Waals surface area contributed by atoms with Gasteiger partial charge in [0.25, 0.3) is 5.91 Å². The van der Waals surface area contributed by atoms with E-state index in [1.165, 1.54) is 31.3 Å². The zero-order valence-corrected chi connectivity index (χ0v) is 11.0. The van der Waals surface area contributed by atoms with Crippen molar-refractivity contribution in [2.45, 2.75) is 19.4 Å². The van der Waals surface area contributed by atoms with Crippen LogP contribution in [0.2, 0.25) is 0 Å². The first kappa shape index (κ1) is 14.4. The van der Waals surface area contributed by atoms with Crippen LogP contribution >= 0.6 is 0 Å². The van der Waals surface area contributed by atoms with Gasteiger partial charge in [-0.15, -0.1) is 0 Å². The number of halogens is 1. The molecule has 18 heavy (non-hydrogen) atoms. The predicted molar refractivity (Wildman–Crippen MR) is 67.0 cm³/mol. The summed E-state index contributed by atoms with van der Waals surface area (Å²) < 4.78 is 13.9. The average molecular weight is 255 g/mol. The highest BCUT2D eigenvalue weighted by Gasteiger charge is 2.23. The van der Waals surface area contributed by atoms with Crippen LogP contribution in [0.4, 0.5) is 10.2 Å². The standard InChI is InChI=1S/C12H18FN3O2/c1-12(2,18)7-16(4)11(17)8-5-6-15-10(14-3)9(8)13/h5-6,18H,7H2,1-4H3,(H,14,15). The molecule has 0 saturated carbocycles. The summed E-state index contributed by atoms with van der Waals surface area (Å²) in [6.45, 7) is 3.28. The number of aliphatic hydroxyl groups is 1. The van der Waals surface area contributed by atoms with Crippen molar-refractivity contribution in [2.75, 3.05) is 26.0 Å². The van der Waals surface area contributed by atoms with Gasteiger partial charge >= 0.3 is 0 Å². The van der Waals surface area contributed by atoms with Crippen LogP contribution in [-0.4, -0.2) is 47.1 Å². The van der Waals surface area contributed by atoms with Crippen LogP contribution in [0.1, 0.15) is 24.2 Å². The van der Waals surface area contributed by atoms with Gasteiger partial charge in [0.1, 0.15) is 0 Å². The first-order chi connectivity index (χ1) is 8.26. The largest absolute Gasteiger partial charge is 0.389 e. The Morgan fingerprint density at radius 1 is 1.61 bits per heavy atom. The molecule has 1 amide bonds. The molecule has 0 spiro atoms. The van der Waals surface area contributed by atoms with Crippen LogP contribution in [0.3, 0.4) is 0 Å². The molecule has 0 aliphatic carbocycles. The Kier molecular flexibility index (Phi) is 4.24. The normalized spacial score (nSPS) is 11.2. The number of aromatic nitrogens is 1. The van der Waals surface area contributed by atoms with Gasteiger partial charge in [0.15, 0.2) is 11.6 Å². The molecule has 1 aromatic heterocycles. The molecule has 0 radical (unpaired) electrons. The van der Waals surface area contributed by atoms with Crippen molar-refractivity contribution in [1.29, 1.82) is 0 Å². The third-order valence-electron chi connectivity index (χ3n) is 2.33. The minimum atomic E-state index is -1.03. The van der Waals surface area contributed by atoms with Gasteiger partial charge < -0.3 is 15.3 Å². The molecule has 1 aromatic rings. The Morgan fingerprint density at radius 3 is 2.72 bits per heavy atom. The lowest BCUT2D eigenvalue weighted by Crippen LogP contribution is -2.40. The van der Waals surface area contributed by atoms with Gasteiger partial charge in [0, 0.05) is 26.8 Å². The Balaban J connectivity index is 2.97. The molecule has 0 saturated heterocycles. The number of likely N-dealkylation sites (N-methyl/N-ethyl adjacent to an activating group) is 1. The van der Waals surface area contributed by atoms with Crippen LogP contribution in [0.5, 0.6) is 0 Å². The highest BCUT2D eigenvalue weighted by molar-refractivity contribution is 5.95. The van der Waals surface area contributed by atoms with Gasteiger partial charge in [-0.3, -0.25) is 4.79 Å². The third-order valence-corrected chi connectivity index (χ3v) is 2.33. The third kappa shape index (κ3) is 3.40. The maximum atomic E-state index is 13.9. The summed E-state index contributed by atoms with van der Waals surface area (Å²) in [5.41, 5.74) is -1.10. The number of carbonyl (C=O) groups is 1. The first-order valence-corrected chi connectivity index (χ1v) is 5.56. The van der Waals surface area contributed by atoms with E-state index < -0.39 is 17.3 Å². The summed E-state index contributed by atoms with van der Waals surface area (Å²) in [5, 5.41) is 12.2. The number of hydrogen-bond donors (Lipinski definition) is 2. The van der Waals surface area contributed by atoms with Crippen molar-refractivity contribution in [3.05, 3.63) is 23.6 Å². The van der Waals surface area contributed by atoms with E-state index in [1.54, 1.807) is 13.8 Å². The second kappa shape index (κ2) is 5.30. The topological polar surface area (TPSA) is 65.5 Å². The van der Waals surface area contributed by atoms with Crippen molar-refractivity contribution >= 4 is 11.7 Å². The van der Waals surface area contributed by atoms with Crippen LogP contribution < -0.4 is 5.32 Å². The van der Waals surface area contributed by atoms with Gasteiger partial charge in [-0.05, 0) is 19.9 Å². The summed E-state index contributed by atoms with van der Waals surface area (Å²) in [5.74, 6) is -1.15. The van der Waals surface area contributed by atoms with Crippen LogP contribution in [0.25, 0.3) is 0 Å². The summed E-state index contributed by atoms with van der Waals surface area (Å²) in [6.07, 6.45) is 1.36. The van der Waals surface area contributed by atoms with E-state index in [9.17, 15) is 14.3 Å². The number of anilines is 1. The highest BCUT2D eigenvalue weighted by Crippen LogP contribution is 2.16.